The molecule has 0 saturated carbocycles. The third-order valence-corrected chi connectivity index (χ3v) is 2.73. The molecular formula is C9H9N3S. The van der Waals surface area contributed by atoms with Gasteiger partial charge in [0.1, 0.15) is 5.01 Å². The van der Waals surface area contributed by atoms with Gasteiger partial charge in [-0.2, -0.15) is 0 Å². The van der Waals surface area contributed by atoms with Crippen molar-refractivity contribution in [2.24, 2.45) is 5.73 Å². The molecule has 3 nitrogen and oxygen atoms in total. The van der Waals surface area contributed by atoms with Crippen molar-refractivity contribution in [1.29, 1.82) is 0 Å². The lowest BCUT2D eigenvalue weighted by Gasteiger charge is -1.91. The van der Waals surface area contributed by atoms with Crippen LogP contribution < -0.4 is 5.73 Å². The lowest BCUT2D eigenvalue weighted by molar-refractivity contribution is 1.10. The molecule has 2 heterocycles. The van der Waals surface area contributed by atoms with E-state index in [2.05, 4.69) is 9.97 Å². The summed E-state index contributed by atoms with van der Waals surface area (Å²) in [5, 5.41) is 0.980. The molecule has 0 unspecified atom stereocenters. The lowest BCUT2D eigenvalue weighted by atomic mass is 10.3. The van der Waals surface area contributed by atoms with E-state index < -0.39 is 0 Å². The Morgan fingerprint density at radius 1 is 1.38 bits per heavy atom. The number of nitrogens with two attached hydrogens (primary N) is 1. The average Bonchev–Trinajstić information content (AvgIpc) is 2.67. The van der Waals surface area contributed by atoms with Gasteiger partial charge < -0.3 is 5.73 Å². The summed E-state index contributed by atoms with van der Waals surface area (Å²) < 4.78 is 0. The fourth-order valence-electron chi connectivity index (χ4n) is 1.02. The molecule has 0 saturated heterocycles. The Kier molecular flexibility index (Phi) is 2.33. The van der Waals surface area contributed by atoms with Crippen LogP contribution in [0.2, 0.25) is 0 Å². The van der Waals surface area contributed by atoms with Crippen molar-refractivity contribution in [1.82, 2.24) is 9.97 Å². The van der Waals surface area contributed by atoms with Gasteiger partial charge in [0, 0.05) is 35.6 Å². The molecular weight excluding hydrogens is 182 g/mol. The first-order valence-corrected chi connectivity index (χ1v) is 4.77. The molecule has 0 bridgehead atoms. The molecule has 2 aromatic heterocycles. The van der Waals surface area contributed by atoms with Gasteiger partial charge in [-0.3, -0.25) is 4.98 Å². The average molecular weight is 191 g/mol. The van der Waals surface area contributed by atoms with Gasteiger partial charge in [-0.1, -0.05) is 0 Å². The van der Waals surface area contributed by atoms with Crippen LogP contribution in [0.4, 0.5) is 0 Å². The standard InChI is InChI=1S/C9H9N3S/c10-4-8-6-12-9(13-8)7-2-1-3-11-5-7/h1-3,5-6H,4,10H2. The molecule has 2 rings (SSSR count). The molecule has 13 heavy (non-hydrogen) atoms. The maximum absolute atomic E-state index is 5.50. The highest BCUT2D eigenvalue weighted by molar-refractivity contribution is 7.15. The van der Waals surface area contributed by atoms with Crippen molar-refractivity contribution in [3.63, 3.8) is 0 Å². The van der Waals surface area contributed by atoms with E-state index in [-0.39, 0.29) is 0 Å². The van der Waals surface area contributed by atoms with Crippen LogP contribution >= 0.6 is 11.3 Å². The molecule has 0 aromatic carbocycles. The van der Waals surface area contributed by atoms with E-state index in [1.54, 1.807) is 23.7 Å². The zero-order valence-corrected chi connectivity index (χ0v) is 7.79. The molecule has 0 aliphatic heterocycles. The Hall–Kier alpha value is -1.26. The third-order valence-electron chi connectivity index (χ3n) is 1.66. The van der Waals surface area contributed by atoms with Crippen molar-refractivity contribution in [3.8, 4) is 10.6 Å². The SMILES string of the molecule is NCc1cnc(-c2cccnc2)s1. The number of rotatable bonds is 2. The Labute approximate surface area is 80.3 Å². The highest BCUT2D eigenvalue weighted by atomic mass is 32.1. The Morgan fingerprint density at radius 3 is 2.92 bits per heavy atom. The maximum Gasteiger partial charge on any atom is 0.125 e. The van der Waals surface area contributed by atoms with Gasteiger partial charge in [0.05, 0.1) is 0 Å². The Balaban J connectivity index is 2.36. The minimum atomic E-state index is 0.554. The van der Waals surface area contributed by atoms with E-state index in [9.17, 15) is 0 Å². The van der Waals surface area contributed by atoms with Crippen molar-refractivity contribution in [2.45, 2.75) is 6.54 Å². The molecule has 2 N–H and O–H groups in total. The van der Waals surface area contributed by atoms with Crippen LogP contribution in [0, 0.1) is 0 Å². The second-order valence-electron chi connectivity index (χ2n) is 2.58. The van der Waals surface area contributed by atoms with Gasteiger partial charge in [0.15, 0.2) is 0 Å². The largest absolute Gasteiger partial charge is 0.326 e. The van der Waals surface area contributed by atoms with E-state index in [1.807, 2.05) is 18.3 Å². The minimum absolute atomic E-state index is 0.554. The normalized spacial score (nSPS) is 10.2. The molecule has 0 atom stereocenters. The smallest absolute Gasteiger partial charge is 0.125 e. The maximum atomic E-state index is 5.50. The van der Waals surface area contributed by atoms with Gasteiger partial charge in [-0.15, -0.1) is 11.3 Å². The van der Waals surface area contributed by atoms with E-state index in [0.29, 0.717) is 6.54 Å². The summed E-state index contributed by atoms with van der Waals surface area (Å²) in [6.07, 6.45) is 5.37. The number of hydrogen-bond acceptors (Lipinski definition) is 4. The van der Waals surface area contributed by atoms with Gasteiger partial charge in [-0.25, -0.2) is 4.98 Å². The van der Waals surface area contributed by atoms with Crippen molar-refractivity contribution >= 4 is 11.3 Å². The predicted molar refractivity (Wildman–Crippen MR) is 53.2 cm³/mol. The van der Waals surface area contributed by atoms with Crippen LogP contribution in [0.5, 0.6) is 0 Å². The lowest BCUT2D eigenvalue weighted by Crippen LogP contribution is -1.91. The number of aromatic nitrogens is 2. The number of nitrogens with zero attached hydrogens (tertiary/aromatic N) is 2. The first-order chi connectivity index (χ1) is 6.40. The van der Waals surface area contributed by atoms with Gasteiger partial charge >= 0.3 is 0 Å². The molecule has 4 heteroatoms. The van der Waals surface area contributed by atoms with E-state index in [4.69, 9.17) is 5.73 Å². The second kappa shape index (κ2) is 3.64. The van der Waals surface area contributed by atoms with Crippen molar-refractivity contribution < 1.29 is 0 Å². The first kappa shape index (κ1) is 8.34. The zero-order chi connectivity index (χ0) is 9.10. The summed E-state index contributed by atoms with van der Waals surface area (Å²) in [5.41, 5.74) is 6.54. The van der Waals surface area contributed by atoms with Crippen LogP contribution in [0.25, 0.3) is 10.6 Å². The fraction of sp³-hybridized carbons (Fsp3) is 0.111. The van der Waals surface area contributed by atoms with Crippen LogP contribution in [0.15, 0.2) is 30.7 Å². The number of hydrogen-bond donors (Lipinski definition) is 1. The fourth-order valence-corrected chi connectivity index (χ4v) is 1.81. The van der Waals surface area contributed by atoms with Crippen LogP contribution in [0.3, 0.4) is 0 Å². The summed E-state index contributed by atoms with van der Waals surface area (Å²) in [5.74, 6) is 0. The molecule has 0 fully saturated rings. The summed E-state index contributed by atoms with van der Waals surface area (Å²) in [6, 6.07) is 3.89. The summed E-state index contributed by atoms with van der Waals surface area (Å²) >= 11 is 1.61. The van der Waals surface area contributed by atoms with Crippen LogP contribution in [-0.4, -0.2) is 9.97 Å². The van der Waals surface area contributed by atoms with Gasteiger partial charge in [0.25, 0.3) is 0 Å². The second-order valence-corrected chi connectivity index (χ2v) is 3.69. The molecule has 0 amide bonds. The minimum Gasteiger partial charge on any atom is -0.326 e. The van der Waals surface area contributed by atoms with Crippen LogP contribution in [-0.2, 0) is 6.54 Å². The molecule has 0 radical (unpaired) electrons. The Morgan fingerprint density at radius 2 is 2.31 bits per heavy atom. The topological polar surface area (TPSA) is 51.8 Å². The summed E-state index contributed by atoms with van der Waals surface area (Å²) in [7, 11) is 0. The quantitative estimate of drug-likeness (QED) is 0.785. The number of pyridine rings is 1. The van der Waals surface area contributed by atoms with Crippen LogP contribution in [0.1, 0.15) is 4.88 Å². The van der Waals surface area contributed by atoms with Crippen molar-refractivity contribution in [3.05, 3.63) is 35.6 Å². The molecule has 66 valence electrons. The summed E-state index contributed by atoms with van der Waals surface area (Å²) in [6.45, 7) is 0.554. The van der Waals surface area contributed by atoms with Gasteiger partial charge in [0.2, 0.25) is 0 Å². The molecule has 2 aromatic rings. The molecule has 0 aliphatic rings. The highest BCUT2D eigenvalue weighted by Gasteiger charge is 2.02. The monoisotopic (exact) mass is 191 g/mol. The highest BCUT2D eigenvalue weighted by Crippen LogP contribution is 2.23. The van der Waals surface area contributed by atoms with Crippen molar-refractivity contribution in [2.75, 3.05) is 0 Å². The van der Waals surface area contributed by atoms with E-state index in [1.165, 1.54) is 0 Å². The first-order valence-electron chi connectivity index (χ1n) is 3.95. The van der Waals surface area contributed by atoms with E-state index in [0.717, 1.165) is 15.4 Å². The zero-order valence-electron chi connectivity index (χ0n) is 6.97. The predicted octanol–water partition coefficient (Wildman–Crippen LogP) is 1.66. The summed E-state index contributed by atoms with van der Waals surface area (Å²) in [4.78, 5) is 9.38. The molecule has 0 aliphatic carbocycles. The van der Waals surface area contributed by atoms with Gasteiger partial charge in [-0.05, 0) is 12.1 Å². The number of thiazole rings is 1. The van der Waals surface area contributed by atoms with E-state index >= 15 is 0 Å². The Bertz CT molecular complexity index is 383. The third kappa shape index (κ3) is 1.74. The molecule has 0 spiro atoms.